The van der Waals surface area contributed by atoms with Crippen LogP contribution in [0, 0.1) is 0 Å². The van der Waals surface area contributed by atoms with E-state index < -0.39 is 0 Å². The lowest BCUT2D eigenvalue weighted by atomic mass is 10.0. The molecule has 2 aliphatic rings. The van der Waals surface area contributed by atoms with Crippen LogP contribution in [-0.4, -0.2) is 62.0 Å². The molecule has 154 valence electrons. The Morgan fingerprint density at radius 1 is 1.28 bits per heavy atom. The molecule has 0 radical (unpaired) electrons. The van der Waals surface area contributed by atoms with Crippen LogP contribution < -0.4 is 10.9 Å². The van der Waals surface area contributed by atoms with Crippen molar-refractivity contribution in [1.82, 2.24) is 30.0 Å². The Morgan fingerprint density at radius 3 is 3.07 bits per heavy atom. The first-order chi connectivity index (χ1) is 14.2. The molecule has 1 N–H and O–H groups in total. The summed E-state index contributed by atoms with van der Waals surface area (Å²) in [5.74, 6) is 1.75. The van der Waals surface area contributed by atoms with Crippen molar-refractivity contribution in [3.05, 3.63) is 52.0 Å². The highest BCUT2D eigenvalue weighted by Gasteiger charge is 2.23. The minimum Gasteiger partial charge on any atom is -0.349 e. The van der Waals surface area contributed by atoms with Crippen LogP contribution in [0.4, 0.5) is 0 Å². The predicted octanol–water partition coefficient (Wildman–Crippen LogP) is 1.11. The van der Waals surface area contributed by atoms with Crippen LogP contribution >= 0.6 is 11.8 Å². The number of nitrogens with one attached hydrogen (secondary N) is 1. The first kappa shape index (κ1) is 20.0. The Bertz CT molecular complexity index is 904. The first-order valence-electron chi connectivity index (χ1n) is 10.2. The van der Waals surface area contributed by atoms with Gasteiger partial charge in [-0.2, -0.15) is 16.9 Å². The molecule has 2 aromatic heterocycles. The summed E-state index contributed by atoms with van der Waals surface area (Å²) in [6.45, 7) is 2.88. The SMILES string of the molecule is O=C(NCC1CCCCN1CCn1nc2c(cc1=O)CSCC2)c1cnccn1. The number of amides is 1. The van der Waals surface area contributed by atoms with Crippen molar-refractivity contribution >= 4 is 17.7 Å². The van der Waals surface area contributed by atoms with Gasteiger partial charge in [0.1, 0.15) is 5.69 Å². The smallest absolute Gasteiger partial charge is 0.271 e. The number of likely N-dealkylation sites (tertiary alicyclic amines) is 1. The van der Waals surface area contributed by atoms with Gasteiger partial charge in [-0.05, 0) is 30.7 Å². The molecule has 2 aliphatic heterocycles. The number of fused-ring (bicyclic) bond motifs is 1. The quantitative estimate of drug-likeness (QED) is 0.757. The molecular formula is C20H26N6O2S. The van der Waals surface area contributed by atoms with E-state index in [2.05, 4.69) is 25.3 Å². The van der Waals surface area contributed by atoms with Crippen molar-refractivity contribution in [2.24, 2.45) is 0 Å². The molecule has 1 amide bonds. The molecule has 4 heterocycles. The third kappa shape index (κ3) is 5.02. The van der Waals surface area contributed by atoms with E-state index in [1.165, 1.54) is 12.4 Å². The number of carbonyl (C=O) groups excluding carboxylic acids is 1. The van der Waals surface area contributed by atoms with Crippen LogP contribution in [0.1, 0.15) is 41.0 Å². The monoisotopic (exact) mass is 414 g/mol. The largest absolute Gasteiger partial charge is 0.349 e. The van der Waals surface area contributed by atoms with Crippen molar-refractivity contribution in [1.29, 1.82) is 0 Å². The van der Waals surface area contributed by atoms with Gasteiger partial charge < -0.3 is 5.32 Å². The van der Waals surface area contributed by atoms with Crippen molar-refractivity contribution in [2.75, 3.05) is 25.4 Å². The third-order valence-electron chi connectivity index (χ3n) is 5.55. The molecule has 0 aliphatic carbocycles. The van der Waals surface area contributed by atoms with E-state index in [4.69, 9.17) is 0 Å². The van der Waals surface area contributed by atoms with Gasteiger partial charge in [-0.1, -0.05) is 6.42 Å². The number of thioether (sulfide) groups is 1. The summed E-state index contributed by atoms with van der Waals surface area (Å²) >= 11 is 1.86. The molecular weight excluding hydrogens is 388 g/mol. The highest BCUT2D eigenvalue weighted by Crippen LogP contribution is 2.21. The van der Waals surface area contributed by atoms with Gasteiger partial charge in [0, 0.05) is 49.8 Å². The summed E-state index contributed by atoms with van der Waals surface area (Å²) in [6.07, 6.45) is 8.79. The highest BCUT2D eigenvalue weighted by molar-refractivity contribution is 7.98. The lowest BCUT2D eigenvalue weighted by Crippen LogP contribution is -2.48. The molecule has 0 spiro atoms. The van der Waals surface area contributed by atoms with E-state index in [1.54, 1.807) is 16.9 Å². The zero-order chi connectivity index (χ0) is 20.1. The Morgan fingerprint density at radius 2 is 2.21 bits per heavy atom. The maximum Gasteiger partial charge on any atom is 0.271 e. The van der Waals surface area contributed by atoms with Crippen molar-refractivity contribution in [3.63, 3.8) is 0 Å². The van der Waals surface area contributed by atoms with Crippen molar-refractivity contribution in [2.45, 2.75) is 44.0 Å². The molecule has 9 heteroatoms. The molecule has 4 rings (SSSR count). The molecule has 8 nitrogen and oxygen atoms in total. The topological polar surface area (TPSA) is 93.0 Å². The second-order valence-electron chi connectivity index (χ2n) is 7.47. The highest BCUT2D eigenvalue weighted by atomic mass is 32.2. The second kappa shape index (κ2) is 9.49. The number of rotatable bonds is 6. The van der Waals surface area contributed by atoms with E-state index in [1.807, 2.05) is 11.8 Å². The number of aromatic nitrogens is 4. The first-order valence-corrected chi connectivity index (χ1v) is 11.3. The zero-order valence-corrected chi connectivity index (χ0v) is 17.2. The fourth-order valence-corrected chi connectivity index (χ4v) is 4.89. The standard InChI is InChI=1S/C20H26N6O2S/c27-19-11-15-14-29-10-4-17(15)24-26(19)9-8-25-7-2-1-3-16(25)12-23-20(28)18-13-21-5-6-22-18/h5-6,11,13,16H,1-4,7-10,12,14H2,(H,23,28). The van der Waals surface area contributed by atoms with E-state index in [0.29, 0.717) is 18.8 Å². The second-order valence-corrected chi connectivity index (χ2v) is 8.57. The van der Waals surface area contributed by atoms with Gasteiger partial charge >= 0.3 is 0 Å². The van der Waals surface area contributed by atoms with Crippen molar-refractivity contribution < 1.29 is 4.79 Å². The van der Waals surface area contributed by atoms with Crippen LogP contribution in [0.2, 0.25) is 0 Å². The average molecular weight is 415 g/mol. The Kier molecular flexibility index (Phi) is 6.56. The maximum absolute atomic E-state index is 12.4. The van der Waals surface area contributed by atoms with Crippen LogP contribution in [-0.2, 0) is 18.7 Å². The van der Waals surface area contributed by atoms with Crippen LogP contribution in [0.25, 0.3) is 0 Å². The molecule has 1 fully saturated rings. The van der Waals surface area contributed by atoms with Crippen LogP contribution in [0.3, 0.4) is 0 Å². The minimum atomic E-state index is -0.200. The zero-order valence-electron chi connectivity index (χ0n) is 16.4. The van der Waals surface area contributed by atoms with E-state index in [9.17, 15) is 9.59 Å². The van der Waals surface area contributed by atoms with Gasteiger partial charge in [-0.15, -0.1) is 0 Å². The molecule has 0 bridgehead atoms. The lowest BCUT2D eigenvalue weighted by Gasteiger charge is -2.35. The van der Waals surface area contributed by atoms with Gasteiger partial charge in [0.25, 0.3) is 11.5 Å². The minimum absolute atomic E-state index is 0.0178. The van der Waals surface area contributed by atoms with Crippen molar-refractivity contribution in [3.8, 4) is 0 Å². The molecule has 0 aromatic carbocycles. The molecule has 1 unspecified atom stereocenters. The number of piperidine rings is 1. The third-order valence-corrected chi connectivity index (χ3v) is 6.56. The number of hydrogen-bond donors (Lipinski definition) is 1. The summed E-state index contributed by atoms with van der Waals surface area (Å²) < 4.78 is 1.61. The number of aryl methyl sites for hydroxylation is 1. The van der Waals surface area contributed by atoms with E-state index in [0.717, 1.165) is 61.5 Å². The van der Waals surface area contributed by atoms with Gasteiger partial charge in [0.15, 0.2) is 0 Å². The number of carbonyl (C=O) groups is 1. The Hall–Kier alpha value is -2.26. The lowest BCUT2D eigenvalue weighted by molar-refractivity contribution is 0.0904. The fraction of sp³-hybridized carbons (Fsp3) is 0.550. The van der Waals surface area contributed by atoms with E-state index in [-0.39, 0.29) is 17.5 Å². The average Bonchev–Trinajstić information content (AvgIpc) is 2.77. The Balaban J connectivity index is 1.36. The van der Waals surface area contributed by atoms with Crippen LogP contribution in [0.15, 0.2) is 29.5 Å². The predicted molar refractivity (Wildman–Crippen MR) is 112 cm³/mol. The van der Waals surface area contributed by atoms with Crippen LogP contribution in [0.5, 0.6) is 0 Å². The molecule has 1 saturated heterocycles. The summed E-state index contributed by atoms with van der Waals surface area (Å²) in [5.41, 5.74) is 2.47. The summed E-state index contributed by atoms with van der Waals surface area (Å²) in [4.78, 5) is 35.0. The molecule has 2 aromatic rings. The van der Waals surface area contributed by atoms with Gasteiger partial charge in [-0.3, -0.25) is 19.5 Å². The summed E-state index contributed by atoms with van der Waals surface area (Å²) in [5, 5.41) is 7.59. The Labute approximate surface area is 174 Å². The normalized spacial score (nSPS) is 19.5. The molecule has 0 saturated carbocycles. The summed E-state index contributed by atoms with van der Waals surface area (Å²) in [6, 6.07) is 2.01. The number of hydrogen-bond acceptors (Lipinski definition) is 7. The fourth-order valence-electron chi connectivity index (χ4n) is 3.94. The van der Waals surface area contributed by atoms with Gasteiger partial charge in [0.05, 0.1) is 18.4 Å². The van der Waals surface area contributed by atoms with E-state index >= 15 is 0 Å². The van der Waals surface area contributed by atoms with Gasteiger partial charge in [0.2, 0.25) is 0 Å². The van der Waals surface area contributed by atoms with Gasteiger partial charge in [-0.25, -0.2) is 9.67 Å². The summed E-state index contributed by atoms with van der Waals surface area (Å²) in [7, 11) is 0. The molecule has 29 heavy (non-hydrogen) atoms. The molecule has 1 atom stereocenters. The maximum atomic E-state index is 12.4. The number of nitrogens with zero attached hydrogens (tertiary/aromatic N) is 5.